The van der Waals surface area contributed by atoms with Gasteiger partial charge in [0.25, 0.3) is 5.91 Å². The first-order valence-electron chi connectivity index (χ1n) is 8.10. The van der Waals surface area contributed by atoms with Gasteiger partial charge >= 0.3 is 5.97 Å². The highest BCUT2D eigenvalue weighted by Crippen LogP contribution is 2.16. The van der Waals surface area contributed by atoms with Crippen LogP contribution in [-0.4, -0.2) is 49.1 Å². The van der Waals surface area contributed by atoms with Crippen molar-refractivity contribution in [2.24, 2.45) is 0 Å². The van der Waals surface area contributed by atoms with E-state index in [1.54, 1.807) is 30.7 Å². The SMILES string of the molecule is COCCn1c(C)cc(C(=O)COC(=O)CNC(=O)c2cccs2)c1C. The summed E-state index contributed by atoms with van der Waals surface area (Å²) in [7, 11) is 1.62. The molecule has 2 rings (SSSR count). The summed E-state index contributed by atoms with van der Waals surface area (Å²) in [4.78, 5) is 36.3. The number of thiophene rings is 1. The number of Topliss-reactive ketones (excluding diaryl/α,β-unsaturated/α-hetero) is 1. The molecule has 0 unspecified atom stereocenters. The molecule has 2 aromatic rings. The number of esters is 1. The number of carbonyl (C=O) groups excluding carboxylic acids is 3. The Labute approximate surface area is 155 Å². The van der Waals surface area contributed by atoms with Crippen LogP contribution in [0.4, 0.5) is 0 Å². The number of amides is 1. The van der Waals surface area contributed by atoms with E-state index in [-0.39, 0.29) is 24.8 Å². The number of hydrogen-bond donors (Lipinski definition) is 1. The smallest absolute Gasteiger partial charge is 0.325 e. The molecule has 0 fully saturated rings. The van der Waals surface area contributed by atoms with Crippen LogP contribution < -0.4 is 5.32 Å². The maximum absolute atomic E-state index is 12.3. The molecular formula is C18H22N2O5S. The number of aryl methyl sites for hydroxylation is 1. The van der Waals surface area contributed by atoms with E-state index in [0.717, 1.165) is 11.4 Å². The molecule has 0 aliphatic heterocycles. The number of ether oxygens (including phenoxy) is 2. The molecule has 0 saturated carbocycles. The number of hydrogen-bond acceptors (Lipinski definition) is 6. The predicted octanol–water partition coefficient (Wildman–Crippen LogP) is 1.97. The Morgan fingerprint density at radius 3 is 2.69 bits per heavy atom. The molecule has 0 atom stereocenters. The molecular weight excluding hydrogens is 356 g/mol. The molecule has 8 heteroatoms. The van der Waals surface area contributed by atoms with Crippen molar-refractivity contribution in [3.05, 3.63) is 45.4 Å². The third kappa shape index (κ3) is 5.03. The minimum atomic E-state index is -0.656. The van der Waals surface area contributed by atoms with E-state index in [2.05, 4.69) is 5.32 Å². The lowest BCUT2D eigenvalue weighted by Gasteiger charge is -2.09. The number of nitrogens with one attached hydrogen (secondary N) is 1. The first kappa shape index (κ1) is 19.9. The van der Waals surface area contributed by atoms with Gasteiger partial charge in [-0.1, -0.05) is 6.07 Å². The average molecular weight is 378 g/mol. The number of ketones is 1. The third-order valence-corrected chi connectivity index (χ3v) is 4.76. The summed E-state index contributed by atoms with van der Waals surface area (Å²) in [5, 5.41) is 4.24. The Morgan fingerprint density at radius 2 is 2.04 bits per heavy atom. The third-order valence-electron chi connectivity index (χ3n) is 3.90. The fourth-order valence-electron chi connectivity index (χ4n) is 2.53. The van der Waals surface area contributed by atoms with Gasteiger partial charge in [0, 0.05) is 30.6 Å². The molecule has 7 nitrogen and oxygen atoms in total. The number of methoxy groups -OCH3 is 1. The lowest BCUT2D eigenvalue weighted by Crippen LogP contribution is -2.31. The Kier molecular flexibility index (Phi) is 7.11. The minimum absolute atomic E-state index is 0.278. The van der Waals surface area contributed by atoms with Crippen molar-refractivity contribution in [1.29, 1.82) is 0 Å². The summed E-state index contributed by atoms with van der Waals surface area (Å²) in [6.07, 6.45) is 0. The highest BCUT2D eigenvalue weighted by atomic mass is 32.1. The van der Waals surface area contributed by atoms with Crippen LogP contribution in [0, 0.1) is 13.8 Å². The minimum Gasteiger partial charge on any atom is -0.456 e. The Morgan fingerprint density at radius 1 is 1.27 bits per heavy atom. The molecule has 2 heterocycles. The van der Waals surface area contributed by atoms with Crippen molar-refractivity contribution in [3.8, 4) is 0 Å². The molecule has 1 N–H and O–H groups in total. The Bertz CT molecular complexity index is 780. The summed E-state index contributed by atoms with van der Waals surface area (Å²) < 4.78 is 12.0. The zero-order chi connectivity index (χ0) is 19.1. The van der Waals surface area contributed by atoms with Gasteiger partial charge in [0.05, 0.1) is 11.5 Å². The molecule has 0 aromatic carbocycles. The summed E-state index contributed by atoms with van der Waals surface area (Å²) >= 11 is 1.28. The molecule has 140 valence electrons. The van der Waals surface area contributed by atoms with E-state index in [0.29, 0.717) is 23.6 Å². The van der Waals surface area contributed by atoms with Crippen molar-refractivity contribution in [2.75, 3.05) is 26.9 Å². The number of carbonyl (C=O) groups is 3. The van der Waals surface area contributed by atoms with Crippen LogP contribution in [0.1, 0.15) is 31.4 Å². The van der Waals surface area contributed by atoms with E-state index >= 15 is 0 Å². The van der Waals surface area contributed by atoms with Crippen molar-refractivity contribution in [3.63, 3.8) is 0 Å². The van der Waals surface area contributed by atoms with Gasteiger partial charge in [0.15, 0.2) is 6.61 Å². The molecule has 0 spiro atoms. The molecule has 0 bridgehead atoms. The lowest BCUT2D eigenvalue weighted by atomic mass is 10.1. The van der Waals surface area contributed by atoms with Gasteiger partial charge in [-0.2, -0.15) is 0 Å². The van der Waals surface area contributed by atoms with Gasteiger partial charge in [-0.05, 0) is 31.4 Å². The fraction of sp³-hybridized carbons (Fsp3) is 0.389. The number of rotatable bonds is 9. The second-order valence-electron chi connectivity index (χ2n) is 5.67. The van der Waals surface area contributed by atoms with E-state index < -0.39 is 5.97 Å². The standard InChI is InChI=1S/C18H22N2O5S/c1-12-9-14(13(2)20(12)6-7-24-3)15(21)11-25-17(22)10-19-18(23)16-5-4-8-26-16/h4-5,8-9H,6-7,10-11H2,1-3H3,(H,19,23). The van der Waals surface area contributed by atoms with E-state index in [4.69, 9.17) is 9.47 Å². The zero-order valence-electron chi connectivity index (χ0n) is 15.0. The van der Waals surface area contributed by atoms with Crippen LogP contribution in [0.5, 0.6) is 0 Å². The summed E-state index contributed by atoms with van der Waals surface area (Å²) in [6, 6.07) is 5.19. The second-order valence-corrected chi connectivity index (χ2v) is 6.62. The largest absolute Gasteiger partial charge is 0.456 e. The fourth-order valence-corrected chi connectivity index (χ4v) is 3.17. The summed E-state index contributed by atoms with van der Waals surface area (Å²) in [5.74, 6) is -1.28. The summed E-state index contributed by atoms with van der Waals surface area (Å²) in [6.45, 7) is 4.31. The van der Waals surface area contributed by atoms with E-state index in [1.807, 2.05) is 18.4 Å². The normalized spacial score (nSPS) is 10.6. The van der Waals surface area contributed by atoms with Gasteiger partial charge in [-0.15, -0.1) is 11.3 Å². The maximum atomic E-state index is 12.3. The first-order chi connectivity index (χ1) is 12.4. The van der Waals surface area contributed by atoms with Crippen molar-refractivity contribution in [2.45, 2.75) is 20.4 Å². The van der Waals surface area contributed by atoms with Gasteiger partial charge in [-0.3, -0.25) is 14.4 Å². The lowest BCUT2D eigenvalue weighted by molar-refractivity contribution is -0.141. The first-order valence-corrected chi connectivity index (χ1v) is 8.98. The van der Waals surface area contributed by atoms with Gasteiger partial charge in [0.2, 0.25) is 5.78 Å². The van der Waals surface area contributed by atoms with Crippen molar-refractivity contribution in [1.82, 2.24) is 9.88 Å². The van der Waals surface area contributed by atoms with Gasteiger partial charge in [-0.25, -0.2) is 0 Å². The Balaban J connectivity index is 1.84. The molecule has 0 aliphatic carbocycles. The van der Waals surface area contributed by atoms with Crippen LogP contribution in [0.15, 0.2) is 23.6 Å². The van der Waals surface area contributed by atoms with Crippen LogP contribution in [-0.2, 0) is 20.8 Å². The molecule has 0 aliphatic rings. The molecule has 26 heavy (non-hydrogen) atoms. The Hall–Kier alpha value is -2.45. The van der Waals surface area contributed by atoms with Crippen LogP contribution >= 0.6 is 11.3 Å². The van der Waals surface area contributed by atoms with Crippen molar-refractivity contribution < 1.29 is 23.9 Å². The average Bonchev–Trinajstić information content (AvgIpc) is 3.25. The maximum Gasteiger partial charge on any atom is 0.325 e. The van der Waals surface area contributed by atoms with E-state index in [1.165, 1.54) is 11.3 Å². The molecule has 0 saturated heterocycles. The van der Waals surface area contributed by atoms with Crippen LogP contribution in [0.25, 0.3) is 0 Å². The zero-order valence-corrected chi connectivity index (χ0v) is 15.9. The summed E-state index contributed by atoms with van der Waals surface area (Å²) in [5.41, 5.74) is 2.28. The second kappa shape index (κ2) is 9.30. The monoisotopic (exact) mass is 378 g/mol. The molecule has 0 radical (unpaired) electrons. The molecule has 1 amide bonds. The number of nitrogens with zero attached hydrogens (tertiary/aromatic N) is 1. The van der Waals surface area contributed by atoms with Crippen LogP contribution in [0.2, 0.25) is 0 Å². The van der Waals surface area contributed by atoms with Gasteiger partial charge < -0.3 is 19.4 Å². The topological polar surface area (TPSA) is 86.6 Å². The highest BCUT2D eigenvalue weighted by molar-refractivity contribution is 7.12. The number of aromatic nitrogens is 1. The predicted molar refractivity (Wildman–Crippen MR) is 97.7 cm³/mol. The highest BCUT2D eigenvalue weighted by Gasteiger charge is 2.17. The van der Waals surface area contributed by atoms with E-state index in [9.17, 15) is 14.4 Å². The quantitative estimate of drug-likeness (QED) is 0.532. The van der Waals surface area contributed by atoms with Crippen LogP contribution in [0.3, 0.4) is 0 Å². The van der Waals surface area contributed by atoms with Gasteiger partial charge in [0.1, 0.15) is 6.54 Å². The molecule has 2 aromatic heterocycles. The van der Waals surface area contributed by atoms with Crippen molar-refractivity contribution >= 4 is 29.0 Å².